The Morgan fingerprint density at radius 1 is 1.50 bits per heavy atom. The summed E-state index contributed by atoms with van der Waals surface area (Å²) in [5, 5.41) is 9.59. The van der Waals surface area contributed by atoms with Crippen LogP contribution in [0.4, 0.5) is 0 Å². The average molecular weight is 279 g/mol. The zero-order valence-electron chi connectivity index (χ0n) is 12.1. The summed E-state index contributed by atoms with van der Waals surface area (Å²) in [5.74, 6) is -0.0906. The Morgan fingerprint density at radius 3 is 2.80 bits per heavy atom. The fourth-order valence-corrected chi connectivity index (χ4v) is 2.64. The predicted molar refractivity (Wildman–Crippen MR) is 75.1 cm³/mol. The third-order valence-corrected chi connectivity index (χ3v) is 3.37. The molecular weight excluding hydrogens is 258 g/mol. The molecule has 5 nitrogen and oxygen atoms in total. The van der Waals surface area contributed by atoms with Crippen LogP contribution in [0.2, 0.25) is 0 Å². The van der Waals surface area contributed by atoms with E-state index in [-0.39, 0.29) is 6.42 Å². The summed E-state index contributed by atoms with van der Waals surface area (Å²) in [5.41, 5.74) is 4.50. The first kappa shape index (κ1) is 14.7. The highest BCUT2D eigenvalue weighted by Gasteiger charge is 2.49. The number of benzene rings is 1. The van der Waals surface area contributed by atoms with Gasteiger partial charge in [0.05, 0.1) is 12.2 Å². The smallest absolute Gasteiger partial charge is 0.328 e. The molecule has 1 aliphatic rings. The molecule has 0 bridgehead atoms. The van der Waals surface area contributed by atoms with E-state index in [2.05, 4.69) is 0 Å². The van der Waals surface area contributed by atoms with Crippen LogP contribution >= 0.6 is 0 Å². The highest BCUT2D eigenvalue weighted by Crippen LogP contribution is 2.46. The lowest BCUT2D eigenvalue weighted by Gasteiger charge is -2.42. The molecule has 1 atom stereocenters. The van der Waals surface area contributed by atoms with Gasteiger partial charge in [0.15, 0.2) is 5.54 Å². The molecule has 3 N–H and O–H groups in total. The van der Waals surface area contributed by atoms with Gasteiger partial charge >= 0.3 is 5.97 Å². The van der Waals surface area contributed by atoms with Crippen LogP contribution in [0.5, 0.6) is 11.5 Å². The summed E-state index contributed by atoms with van der Waals surface area (Å²) in [6.45, 7) is 6.16. The first-order valence-corrected chi connectivity index (χ1v) is 6.78. The van der Waals surface area contributed by atoms with E-state index >= 15 is 0 Å². The maximum Gasteiger partial charge on any atom is 0.328 e. The van der Waals surface area contributed by atoms with E-state index in [0.717, 1.165) is 6.42 Å². The fourth-order valence-electron chi connectivity index (χ4n) is 2.64. The first-order chi connectivity index (χ1) is 9.30. The second kappa shape index (κ2) is 4.98. The number of carbonyl (C=O) groups is 1. The van der Waals surface area contributed by atoms with Crippen molar-refractivity contribution in [3.63, 3.8) is 0 Å². The molecule has 0 amide bonds. The van der Waals surface area contributed by atoms with Gasteiger partial charge in [-0.3, -0.25) is 0 Å². The number of nitrogens with two attached hydrogens (primary N) is 1. The highest BCUT2D eigenvalue weighted by atomic mass is 16.5. The van der Waals surface area contributed by atoms with E-state index in [4.69, 9.17) is 15.2 Å². The zero-order chi connectivity index (χ0) is 15.0. The van der Waals surface area contributed by atoms with E-state index in [9.17, 15) is 9.90 Å². The summed E-state index contributed by atoms with van der Waals surface area (Å²) in [6.07, 6.45) is 1.02. The van der Waals surface area contributed by atoms with Crippen LogP contribution in [-0.2, 0) is 10.3 Å². The summed E-state index contributed by atoms with van der Waals surface area (Å²) < 4.78 is 11.5. The highest BCUT2D eigenvalue weighted by molar-refractivity contribution is 5.83. The maximum absolute atomic E-state index is 11.7. The van der Waals surface area contributed by atoms with E-state index in [1.54, 1.807) is 18.2 Å². The van der Waals surface area contributed by atoms with Crippen LogP contribution < -0.4 is 15.2 Å². The molecule has 1 aromatic rings. The van der Waals surface area contributed by atoms with Crippen molar-refractivity contribution in [2.24, 2.45) is 5.73 Å². The Morgan fingerprint density at radius 2 is 2.20 bits per heavy atom. The molecular formula is C15H21NO4. The molecule has 0 saturated carbocycles. The molecule has 0 radical (unpaired) electrons. The maximum atomic E-state index is 11.7. The summed E-state index contributed by atoms with van der Waals surface area (Å²) in [6, 6.07) is 5.26. The lowest BCUT2D eigenvalue weighted by molar-refractivity contribution is -0.147. The number of ether oxygens (including phenoxy) is 2. The Bertz CT molecular complexity index is 527. The van der Waals surface area contributed by atoms with Gasteiger partial charge in [0, 0.05) is 6.42 Å². The molecule has 1 aromatic carbocycles. The van der Waals surface area contributed by atoms with Crippen LogP contribution in [0.15, 0.2) is 18.2 Å². The van der Waals surface area contributed by atoms with Gasteiger partial charge in [-0.25, -0.2) is 4.79 Å². The first-order valence-electron chi connectivity index (χ1n) is 6.78. The number of fused-ring (bicyclic) bond motifs is 1. The van der Waals surface area contributed by atoms with Crippen molar-refractivity contribution in [2.75, 3.05) is 6.61 Å². The number of rotatable bonds is 4. The van der Waals surface area contributed by atoms with Crippen molar-refractivity contribution in [3.8, 4) is 11.5 Å². The number of aliphatic carboxylic acids is 1. The molecule has 1 unspecified atom stereocenters. The predicted octanol–water partition coefficient (Wildman–Crippen LogP) is 2.28. The van der Waals surface area contributed by atoms with Gasteiger partial charge in [-0.2, -0.15) is 0 Å². The van der Waals surface area contributed by atoms with E-state index < -0.39 is 17.1 Å². The van der Waals surface area contributed by atoms with Crippen molar-refractivity contribution in [1.82, 2.24) is 0 Å². The lowest BCUT2D eigenvalue weighted by Crippen LogP contribution is -2.54. The molecule has 0 aromatic heterocycles. The van der Waals surface area contributed by atoms with E-state index in [1.807, 2.05) is 20.8 Å². The number of carboxylic acid groups (broad SMARTS) is 1. The van der Waals surface area contributed by atoms with E-state index in [0.29, 0.717) is 23.7 Å². The van der Waals surface area contributed by atoms with Gasteiger partial charge in [0.1, 0.15) is 17.1 Å². The van der Waals surface area contributed by atoms with E-state index in [1.165, 1.54) is 0 Å². The molecule has 20 heavy (non-hydrogen) atoms. The van der Waals surface area contributed by atoms with Gasteiger partial charge in [-0.05, 0) is 32.4 Å². The van der Waals surface area contributed by atoms with Crippen molar-refractivity contribution in [3.05, 3.63) is 23.8 Å². The minimum atomic E-state index is -1.50. The third kappa shape index (κ3) is 2.45. The second-order valence-electron chi connectivity index (χ2n) is 5.79. The topological polar surface area (TPSA) is 81.8 Å². The van der Waals surface area contributed by atoms with Crippen LogP contribution in [0.25, 0.3) is 0 Å². The minimum Gasteiger partial charge on any atom is -0.493 e. The largest absolute Gasteiger partial charge is 0.493 e. The quantitative estimate of drug-likeness (QED) is 0.883. The second-order valence-corrected chi connectivity index (χ2v) is 5.79. The average Bonchev–Trinajstić information content (AvgIpc) is 2.34. The number of hydrogen-bond acceptors (Lipinski definition) is 4. The van der Waals surface area contributed by atoms with Gasteiger partial charge in [0.2, 0.25) is 0 Å². The minimum absolute atomic E-state index is 0.189. The SMILES string of the molecule is CCCOc1cccc2c1C(N)(C(=O)O)CC(C)(C)O2. The van der Waals surface area contributed by atoms with Crippen molar-refractivity contribution in [1.29, 1.82) is 0 Å². The summed E-state index contributed by atoms with van der Waals surface area (Å²) >= 11 is 0. The fraction of sp³-hybridized carbons (Fsp3) is 0.533. The lowest BCUT2D eigenvalue weighted by atomic mass is 9.78. The van der Waals surface area contributed by atoms with Crippen molar-refractivity contribution in [2.45, 2.75) is 44.8 Å². The summed E-state index contributed by atoms with van der Waals surface area (Å²) in [4.78, 5) is 11.7. The van der Waals surface area contributed by atoms with Crippen LogP contribution in [0, 0.1) is 0 Å². The standard InChI is InChI=1S/C15H21NO4/c1-4-8-19-10-6-5-7-11-12(10)15(16,13(17)18)9-14(2,3)20-11/h5-7H,4,8-9,16H2,1-3H3,(H,17,18). The Labute approximate surface area is 118 Å². The van der Waals surface area contributed by atoms with Gasteiger partial charge < -0.3 is 20.3 Å². The van der Waals surface area contributed by atoms with Crippen LogP contribution in [0.1, 0.15) is 39.2 Å². The monoisotopic (exact) mass is 279 g/mol. The van der Waals surface area contributed by atoms with Gasteiger partial charge in [-0.1, -0.05) is 13.0 Å². The molecule has 0 aliphatic carbocycles. The Balaban J connectivity index is 2.57. The van der Waals surface area contributed by atoms with Crippen LogP contribution in [-0.4, -0.2) is 23.3 Å². The zero-order valence-corrected chi connectivity index (χ0v) is 12.1. The molecule has 110 valence electrons. The van der Waals surface area contributed by atoms with Crippen LogP contribution in [0.3, 0.4) is 0 Å². The van der Waals surface area contributed by atoms with Crippen molar-refractivity contribution < 1.29 is 19.4 Å². The van der Waals surface area contributed by atoms with Gasteiger partial charge in [-0.15, -0.1) is 0 Å². The molecule has 2 rings (SSSR count). The Hall–Kier alpha value is -1.75. The molecule has 5 heteroatoms. The number of carboxylic acids is 1. The van der Waals surface area contributed by atoms with Crippen molar-refractivity contribution >= 4 is 5.97 Å². The Kier molecular flexibility index (Phi) is 3.65. The molecule has 0 spiro atoms. The summed E-state index contributed by atoms with van der Waals surface area (Å²) in [7, 11) is 0. The third-order valence-electron chi connectivity index (χ3n) is 3.37. The molecule has 1 heterocycles. The molecule has 0 fully saturated rings. The normalized spacial score (nSPS) is 23.6. The molecule has 0 saturated heterocycles. The molecule has 1 aliphatic heterocycles. The number of hydrogen-bond donors (Lipinski definition) is 2. The van der Waals surface area contributed by atoms with Gasteiger partial charge in [0.25, 0.3) is 0 Å².